The minimum absolute atomic E-state index is 0.00871. The van der Waals surface area contributed by atoms with Crippen LogP contribution in [0.25, 0.3) is 10.9 Å². The number of benzene rings is 2. The van der Waals surface area contributed by atoms with Gasteiger partial charge in [0.2, 0.25) is 0 Å². The molecule has 4 nitrogen and oxygen atoms in total. The number of hydrogen-bond acceptors (Lipinski definition) is 2. The second-order valence-electron chi connectivity index (χ2n) is 7.03. The maximum absolute atomic E-state index is 13.1. The number of rotatable bonds is 4. The van der Waals surface area contributed by atoms with Crippen molar-refractivity contribution in [3.8, 4) is 0 Å². The van der Waals surface area contributed by atoms with Crippen molar-refractivity contribution >= 4 is 22.5 Å². The molecule has 138 valence electrons. The van der Waals surface area contributed by atoms with Gasteiger partial charge in [0.15, 0.2) is 0 Å². The van der Waals surface area contributed by atoms with Crippen molar-refractivity contribution in [1.82, 2.24) is 4.57 Å². The standard InChI is InChI=1S/C22H21FN2O2/c1-3-25-20-11-6-15(12-19(20)18(13-21(25)26)14-4-5-14)22(27)24(2)17-9-7-16(23)8-10-17/h6-14H,3-5H2,1-2H3. The van der Waals surface area contributed by atoms with Gasteiger partial charge in [-0.2, -0.15) is 0 Å². The highest BCUT2D eigenvalue weighted by atomic mass is 19.1. The Hall–Kier alpha value is -2.95. The molecule has 1 aliphatic rings. The van der Waals surface area contributed by atoms with E-state index in [9.17, 15) is 14.0 Å². The number of aromatic nitrogens is 1. The van der Waals surface area contributed by atoms with Crippen molar-refractivity contribution < 1.29 is 9.18 Å². The van der Waals surface area contributed by atoms with Crippen molar-refractivity contribution in [3.63, 3.8) is 0 Å². The van der Waals surface area contributed by atoms with E-state index in [0.29, 0.717) is 23.7 Å². The Kier molecular flexibility index (Phi) is 4.30. The van der Waals surface area contributed by atoms with E-state index < -0.39 is 0 Å². The highest BCUT2D eigenvalue weighted by Gasteiger charge is 2.27. The van der Waals surface area contributed by atoms with E-state index in [2.05, 4.69) is 0 Å². The van der Waals surface area contributed by atoms with E-state index in [1.807, 2.05) is 19.1 Å². The van der Waals surface area contributed by atoms with Gasteiger partial charge in [-0.05, 0) is 73.7 Å². The van der Waals surface area contributed by atoms with Gasteiger partial charge in [-0.3, -0.25) is 9.59 Å². The molecule has 2 aromatic carbocycles. The third-order valence-electron chi connectivity index (χ3n) is 5.24. The van der Waals surface area contributed by atoms with Gasteiger partial charge >= 0.3 is 0 Å². The van der Waals surface area contributed by atoms with E-state index in [-0.39, 0.29) is 17.3 Å². The van der Waals surface area contributed by atoms with Crippen LogP contribution in [0.4, 0.5) is 10.1 Å². The Morgan fingerprint density at radius 2 is 1.85 bits per heavy atom. The number of hydrogen-bond donors (Lipinski definition) is 0. The number of fused-ring (bicyclic) bond motifs is 1. The molecule has 0 spiro atoms. The van der Waals surface area contributed by atoms with Gasteiger partial charge in [0.05, 0.1) is 5.52 Å². The van der Waals surface area contributed by atoms with E-state index in [1.54, 1.807) is 35.9 Å². The third kappa shape index (κ3) is 3.14. The van der Waals surface area contributed by atoms with Crippen molar-refractivity contribution in [2.75, 3.05) is 11.9 Å². The van der Waals surface area contributed by atoms with Gasteiger partial charge < -0.3 is 9.47 Å². The zero-order valence-electron chi connectivity index (χ0n) is 15.4. The molecule has 1 amide bonds. The Labute approximate surface area is 156 Å². The van der Waals surface area contributed by atoms with Crippen LogP contribution < -0.4 is 10.5 Å². The molecule has 1 heterocycles. The van der Waals surface area contributed by atoms with Crippen LogP contribution in [0.1, 0.15) is 41.6 Å². The van der Waals surface area contributed by atoms with Crippen LogP contribution in [0.2, 0.25) is 0 Å². The highest BCUT2D eigenvalue weighted by Crippen LogP contribution is 2.42. The number of pyridine rings is 1. The zero-order chi connectivity index (χ0) is 19.1. The molecule has 1 aliphatic carbocycles. The monoisotopic (exact) mass is 364 g/mol. The van der Waals surface area contributed by atoms with Crippen molar-refractivity contribution in [1.29, 1.82) is 0 Å². The van der Waals surface area contributed by atoms with Gasteiger partial charge in [-0.15, -0.1) is 0 Å². The van der Waals surface area contributed by atoms with Crippen LogP contribution in [0, 0.1) is 5.82 Å². The SMILES string of the molecule is CCn1c(=O)cc(C2CC2)c2cc(C(=O)N(C)c3ccc(F)cc3)ccc21. The van der Waals surface area contributed by atoms with Crippen LogP contribution in [0.15, 0.2) is 53.3 Å². The summed E-state index contributed by atoms with van der Waals surface area (Å²) in [6.07, 6.45) is 2.16. The van der Waals surface area contributed by atoms with Crippen LogP contribution in [-0.2, 0) is 6.54 Å². The molecule has 0 aliphatic heterocycles. The second-order valence-corrected chi connectivity index (χ2v) is 7.03. The second kappa shape index (κ2) is 6.65. The minimum atomic E-state index is -0.336. The largest absolute Gasteiger partial charge is 0.311 e. The molecule has 0 radical (unpaired) electrons. The maximum atomic E-state index is 13.1. The summed E-state index contributed by atoms with van der Waals surface area (Å²) in [6, 6.07) is 13.1. The minimum Gasteiger partial charge on any atom is -0.311 e. The van der Waals surface area contributed by atoms with Crippen LogP contribution in [-0.4, -0.2) is 17.5 Å². The number of anilines is 1. The fourth-order valence-electron chi connectivity index (χ4n) is 3.58. The van der Waals surface area contributed by atoms with Crippen molar-refractivity contribution in [2.24, 2.45) is 0 Å². The molecule has 4 rings (SSSR count). The first-order valence-corrected chi connectivity index (χ1v) is 9.20. The molecule has 0 N–H and O–H groups in total. The Morgan fingerprint density at radius 1 is 1.15 bits per heavy atom. The van der Waals surface area contributed by atoms with Crippen molar-refractivity contribution in [3.05, 3.63) is 75.8 Å². The first-order valence-electron chi connectivity index (χ1n) is 9.20. The average molecular weight is 364 g/mol. The number of nitrogens with zero attached hydrogens (tertiary/aromatic N) is 2. The van der Waals surface area contributed by atoms with Crippen LogP contribution in [0.5, 0.6) is 0 Å². The molecule has 27 heavy (non-hydrogen) atoms. The lowest BCUT2D eigenvalue weighted by Crippen LogP contribution is -2.26. The Morgan fingerprint density at radius 3 is 2.48 bits per heavy atom. The summed E-state index contributed by atoms with van der Waals surface area (Å²) in [5.74, 6) is -0.0942. The maximum Gasteiger partial charge on any atom is 0.258 e. The number of carbonyl (C=O) groups excluding carboxylic acids is 1. The first kappa shape index (κ1) is 17.5. The average Bonchev–Trinajstić information content (AvgIpc) is 3.51. The topological polar surface area (TPSA) is 42.3 Å². The van der Waals surface area contributed by atoms with E-state index in [0.717, 1.165) is 29.3 Å². The van der Waals surface area contributed by atoms with E-state index in [4.69, 9.17) is 0 Å². The molecule has 5 heteroatoms. The smallest absolute Gasteiger partial charge is 0.258 e. The summed E-state index contributed by atoms with van der Waals surface area (Å²) in [4.78, 5) is 26.9. The normalized spacial score (nSPS) is 13.7. The van der Waals surface area contributed by atoms with Crippen molar-refractivity contribution in [2.45, 2.75) is 32.2 Å². The van der Waals surface area contributed by atoms with Crippen LogP contribution >= 0.6 is 0 Å². The summed E-state index contributed by atoms with van der Waals surface area (Å²) in [5.41, 5.74) is 3.10. The Balaban J connectivity index is 1.79. The molecular formula is C22H21FN2O2. The van der Waals surface area contributed by atoms with Gasteiger partial charge in [0.25, 0.3) is 11.5 Å². The van der Waals surface area contributed by atoms with Crippen LogP contribution in [0.3, 0.4) is 0 Å². The van der Waals surface area contributed by atoms with Gasteiger partial charge in [-0.1, -0.05) is 0 Å². The van der Waals surface area contributed by atoms with E-state index in [1.165, 1.54) is 17.0 Å². The van der Waals surface area contributed by atoms with Gasteiger partial charge in [0, 0.05) is 36.3 Å². The summed E-state index contributed by atoms with van der Waals surface area (Å²) in [5, 5.41) is 0.970. The molecular weight excluding hydrogens is 343 g/mol. The molecule has 1 aromatic heterocycles. The Bertz CT molecular complexity index is 1080. The predicted molar refractivity (Wildman–Crippen MR) is 105 cm³/mol. The zero-order valence-corrected chi connectivity index (χ0v) is 15.4. The molecule has 0 bridgehead atoms. The van der Waals surface area contributed by atoms with Gasteiger partial charge in [-0.25, -0.2) is 4.39 Å². The highest BCUT2D eigenvalue weighted by molar-refractivity contribution is 6.07. The lowest BCUT2D eigenvalue weighted by atomic mass is 10.0. The lowest BCUT2D eigenvalue weighted by molar-refractivity contribution is 0.0993. The first-order chi connectivity index (χ1) is 13.0. The fourth-order valence-corrected chi connectivity index (χ4v) is 3.58. The molecule has 3 aromatic rings. The molecule has 0 atom stereocenters. The summed E-state index contributed by atoms with van der Waals surface area (Å²) in [7, 11) is 1.68. The molecule has 1 fully saturated rings. The number of aryl methyl sites for hydroxylation is 1. The quantitative estimate of drug-likeness (QED) is 0.692. The molecule has 0 unspecified atom stereocenters. The fraction of sp³-hybridized carbons (Fsp3) is 0.273. The van der Waals surface area contributed by atoms with E-state index >= 15 is 0 Å². The summed E-state index contributed by atoms with van der Waals surface area (Å²) < 4.78 is 14.9. The third-order valence-corrected chi connectivity index (χ3v) is 5.24. The summed E-state index contributed by atoms with van der Waals surface area (Å²) in [6.45, 7) is 2.53. The number of carbonyl (C=O) groups is 1. The predicted octanol–water partition coefficient (Wildman–Crippen LogP) is 4.31. The molecule has 0 saturated heterocycles. The lowest BCUT2D eigenvalue weighted by Gasteiger charge is -2.19. The number of halogens is 1. The molecule has 1 saturated carbocycles. The summed E-state index contributed by atoms with van der Waals surface area (Å²) >= 11 is 0. The van der Waals surface area contributed by atoms with Gasteiger partial charge in [0.1, 0.15) is 5.82 Å². The number of amides is 1.